The Balaban J connectivity index is 1.26. The molecule has 6 heteroatoms. The Bertz CT molecular complexity index is 1060. The molecular formula is C23H23N3O3. The number of para-hydroxylation sites is 3. The summed E-state index contributed by atoms with van der Waals surface area (Å²) in [5.41, 5.74) is 2.22. The number of hydrogen-bond acceptors (Lipinski definition) is 5. The minimum atomic E-state index is -0.586. The molecule has 3 aromatic rings. The molecule has 2 aliphatic rings. The predicted octanol–water partition coefficient (Wildman–Crippen LogP) is 3.03. The van der Waals surface area contributed by atoms with Crippen molar-refractivity contribution in [3.8, 4) is 11.5 Å². The Morgan fingerprint density at radius 1 is 1.00 bits per heavy atom. The summed E-state index contributed by atoms with van der Waals surface area (Å²) in [7, 11) is 0. The van der Waals surface area contributed by atoms with E-state index in [0.29, 0.717) is 24.6 Å². The van der Waals surface area contributed by atoms with Gasteiger partial charge < -0.3 is 19.3 Å². The number of amides is 1. The summed E-state index contributed by atoms with van der Waals surface area (Å²) < 4.78 is 11.6. The van der Waals surface area contributed by atoms with Gasteiger partial charge in [-0.3, -0.25) is 4.79 Å². The molecule has 3 heterocycles. The zero-order chi connectivity index (χ0) is 19.8. The highest BCUT2D eigenvalue weighted by Crippen LogP contribution is 2.31. The summed E-state index contributed by atoms with van der Waals surface area (Å²) in [6.45, 7) is 5.16. The number of ether oxygens (including phenoxy) is 2. The van der Waals surface area contributed by atoms with E-state index in [1.807, 2.05) is 47.4 Å². The molecule has 1 fully saturated rings. The molecule has 0 aliphatic carbocycles. The van der Waals surface area contributed by atoms with Crippen LogP contribution in [0.15, 0.2) is 54.6 Å². The fraction of sp³-hybridized carbons (Fsp3) is 0.304. The molecule has 0 saturated carbocycles. The first kappa shape index (κ1) is 17.8. The highest BCUT2D eigenvalue weighted by molar-refractivity contribution is 5.84. The van der Waals surface area contributed by atoms with Crippen LogP contribution in [0, 0.1) is 6.92 Å². The van der Waals surface area contributed by atoms with Crippen molar-refractivity contribution in [2.75, 3.05) is 37.7 Å². The minimum absolute atomic E-state index is 0.0122. The maximum Gasteiger partial charge on any atom is 0.267 e. The first-order valence-corrected chi connectivity index (χ1v) is 9.98. The van der Waals surface area contributed by atoms with E-state index < -0.39 is 6.10 Å². The van der Waals surface area contributed by atoms with Gasteiger partial charge in [0.1, 0.15) is 12.4 Å². The molecule has 2 aromatic carbocycles. The number of fused-ring (bicyclic) bond motifs is 2. The van der Waals surface area contributed by atoms with Gasteiger partial charge in [-0.05, 0) is 36.8 Å². The standard InChI is InChI=1S/C23H23N3O3/c1-16-14-22(24-18-7-3-2-6-17(16)18)25-10-12-26(13-11-25)23(27)21-15-28-19-8-4-5-9-20(19)29-21/h2-9,14,21H,10-13,15H2,1H3. The van der Waals surface area contributed by atoms with E-state index in [1.54, 1.807) is 0 Å². The molecule has 0 N–H and O–H groups in total. The number of piperazine rings is 1. The summed E-state index contributed by atoms with van der Waals surface area (Å²) in [6, 6.07) is 17.8. The zero-order valence-corrected chi connectivity index (χ0v) is 16.4. The van der Waals surface area contributed by atoms with Crippen molar-refractivity contribution < 1.29 is 14.3 Å². The van der Waals surface area contributed by atoms with Crippen molar-refractivity contribution >= 4 is 22.6 Å². The Morgan fingerprint density at radius 2 is 1.72 bits per heavy atom. The van der Waals surface area contributed by atoms with Crippen LogP contribution in [0.25, 0.3) is 10.9 Å². The average Bonchev–Trinajstić information content (AvgIpc) is 2.78. The van der Waals surface area contributed by atoms with Gasteiger partial charge in [0.15, 0.2) is 11.5 Å². The van der Waals surface area contributed by atoms with Crippen molar-refractivity contribution in [1.29, 1.82) is 0 Å². The fourth-order valence-electron chi connectivity index (χ4n) is 3.99. The third-order valence-corrected chi connectivity index (χ3v) is 5.61. The molecule has 1 unspecified atom stereocenters. The van der Waals surface area contributed by atoms with Gasteiger partial charge in [0, 0.05) is 31.6 Å². The number of carbonyl (C=O) groups is 1. The predicted molar refractivity (Wildman–Crippen MR) is 112 cm³/mol. The van der Waals surface area contributed by atoms with Crippen LogP contribution in [0.4, 0.5) is 5.82 Å². The number of hydrogen-bond donors (Lipinski definition) is 0. The molecule has 1 saturated heterocycles. The van der Waals surface area contributed by atoms with Gasteiger partial charge in [-0.15, -0.1) is 0 Å². The second-order valence-electron chi connectivity index (χ2n) is 7.49. The first-order valence-electron chi connectivity index (χ1n) is 9.98. The fourth-order valence-corrected chi connectivity index (χ4v) is 3.99. The SMILES string of the molecule is Cc1cc(N2CCN(C(=O)C3COc4ccccc4O3)CC2)nc2ccccc12. The van der Waals surface area contributed by atoms with E-state index in [2.05, 4.69) is 24.0 Å². The molecule has 5 rings (SSSR count). The monoisotopic (exact) mass is 389 g/mol. The molecule has 1 amide bonds. The summed E-state index contributed by atoms with van der Waals surface area (Å²) in [6.07, 6.45) is -0.586. The highest BCUT2D eigenvalue weighted by Gasteiger charge is 2.32. The van der Waals surface area contributed by atoms with Crippen molar-refractivity contribution in [1.82, 2.24) is 9.88 Å². The molecule has 0 radical (unpaired) electrons. The first-order chi connectivity index (χ1) is 14.2. The van der Waals surface area contributed by atoms with Crippen LogP contribution in [0.3, 0.4) is 0 Å². The topological polar surface area (TPSA) is 54.9 Å². The van der Waals surface area contributed by atoms with E-state index in [-0.39, 0.29) is 12.5 Å². The van der Waals surface area contributed by atoms with Crippen LogP contribution in [-0.4, -0.2) is 54.7 Å². The summed E-state index contributed by atoms with van der Waals surface area (Å²) in [5, 5.41) is 1.18. The number of pyridine rings is 1. The van der Waals surface area contributed by atoms with Crippen LogP contribution in [0.1, 0.15) is 5.56 Å². The lowest BCUT2D eigenvalue weighted by Crippen LogP contribution is -2.54. The Labute approximate surface area is 169 Å². The molecule has 148 valence electrons. The number of rotatable bonds is 2. The lowest BCUT2D eigenvalue weighted by Gasteiger charge is -2.37. The zero-order valence-electron chi connectivity index (χ0n) is 16.4. The third kappa shape index (κ3) is 3.35. The van der Waals surface area contributed by atoms with Crippen LogP contribution in [0.5, 0.6) is 11.5 Å². The summed E-state index contributed by atoms with van der Waals surface area (Å²) in [4.78, 5) is 21.9. The van der Waals surface area contributed by atoms with Gasteiger partial charge in [-0.2, -0.15) is 0 Å². The van der Waals surface area contributed by atoms with E-state index in [4.69, 9.17) is 14.5 Å². The lowest BCUT2D eigenvalue weighted by atomic mass is 10.1. The van der Waals surface area contributed by atoms with E-state index in [9.17, 15) is 4.79 Å². The van der Waals surface area contributed by atoms with Crippen molar-refractivity contribution in [3.63, 3.8) is 0 Å². The third-order valence-electron chi connectivity index (χ3n) is 5.61. The number of benzene rings is 2. The van der Waals surface area contributed by atoms with Crippen molar-refractivity contribution in [2.45, 2.75) is 13.0 Å². The maximum atomic E-state index is 12.9. The van der Waals surface area contributed by atoms with E-state index >= 15 is 0 Å². The number of nitrogens with zero attached hydrogens (tertiary/aromatic N) is 3. The second kappa shape index (κ2) is 7.28. The second-order valence-corrected chi connectivity index (χ2v) is 7.49. The van der Waals surface area contributed by atoms with E-state index in [1.165, 1.54) is 10.9 Å². The molecule has 0 spiro atoms. The molecular weight excluding hydrogens is 366 g/mol. The molecule has 6 nitrogen and oxygen atoms in total. The lowest BCUT2D eigenvalue weighted by molar-refractivity contribution is -0.141. The molecule has 1 aromatic heterocycles. The van der Waals surface area contributed by atoms with Gasteiger partial charge in [0.05, 0.1) is 5.52 Å². The van der Waals surface area contributed by atoms with Gasteiger partial charge in [0.25, 0.3) is 5.91 Å². The smallest absolute Gasteiger partial charge is 0.267 e. The van der Waals surface area contributed by atoms with Crippen molar-refractivity contribution in [2.24, 2.45) is 0 Å². The number of aryl methyl sites for hydroxylation is 1. The largest absolute Gasteiger partial charge is 0.485 e. The Morgan fingerprint density at radius 3 is 2.55 bits per heavy atom. The number of anilines is 1. The summed E-state index contributed by atoms with van der Waals surface area (Å²) in [5.74, 6) is 2.28. The van der Waals surface area contributed by atoms with Crippen LogP contribution in [-0.2, 0) is 4.79 Å². The van der Waals surface area contributed by atoms with Crippen LogP contribution >= 0.6 is 0 Å². The molecule has 0 bridgehead atoms. The average molecular weight is 389 g/mol. The number of carbonyl (C=O) groups excluding carboxylic acids is 1. The molecule has 1 atom stereocenters. The van der Waals surface area contributed by atoms with Crippen LogP contribution in [0.2, 0.25) is 0 Å². The van der Waals surface area contributed by atoms with E-state index in [0.717, 1.165) is 24.4 Å². The van der Waals surface area contributed by atoms with Gasteiger partial charge in [0.2, 0.25) is 6.10 Å². The van der Waals surface area contributed by atoms with Gasteiger partial charge >= 0.3 is 0 Å². The maximum absolute atomic E-state index is 12.9. The quantitative estimate of drug-likeness (QED) is 0.674. The highest BCUT2D eigenvalue weighted by atomic mass is 16.6. The number of aromatic nitrogens is 1. The van der Waals surface area contributed by atoms with Crippen molar-refractivity contribution in [3.05, 3.63) is 60.2 Å². The minimum Gasteiger partial charge on any atom is -0.485 e. The summed E-state index contributed by atoms with van der Waals surface area (Å²) >= 11 is 0. The molecule has 29 heavy (non-hydrogen) atoms. The Hall–Kier alpha value is -3.28. The normalized spacial score (nSPS) is 18.7. The van der Waals surface area contributed by atoms with Gasteiger partial charge in [-0.1, -0.05) is 30.3 Å². The van der Waals surface area contributed by atoms with Crippen LogP contribution < -0.4 is 14.4 Å². The molecule has 2 aliphatic heterocycles. The Kier molecular flexibility index (Phi) is 4.46. The van der Waals surface area contributed by atoms with Gasteiger partial charge in [-0.25, -0.2) is 4.98 Å².